The molecule has 2 aromatic rings. The van der Waals surface area contributed by atoms with Gasteiger partial charge < -0.3 is 15.2 Å². The number of nitrogens with zero attached hydrogens (tertiary/aromatic N) is 2. The zero-order chi connectivity index (χ0) is 23.6. The van der Waals surface area contributed by atoms with Crippen LogP contribution in [-0.2, 0) is 11.0 Å². The first-order valence-corrected chi connectivity index (χ1v) is 9.56. The lowest BCUT2D eigenvalue weighted by atomic mass is 10.0. The van der Waals surface area contributed by atoms with Gasteiger partial charge in [-0.05, 0) is 19.4 Å². The number of rotatable bonds is 4. The van der Waals surface area contributed by atoms with E-state index in [9.17, 15) is 35.9 Å². The number of hydrogen-bond acceptors (Lipinski definition) is 3. The maximum Gasteiger partial charge on any atom is 0.436 e. The van der Waals surface area contributed by atoms with Gasteiger partial charge in [0, 0.05) is 24.4 Å². The predicted octanol–water partition coefficient (Wildman–Crippen LogP) is 3.98. The fraction of sp³-hybridized carbons (Fsp3) is 0.526. The summed E-state index contributed by atoms with van der Waals surface area (Å²) in [5, 5.41) is 1.76. The summed E-state index contributed by atoms with van der Waals surface area (Å²) in [6.07, 6.45) is -4.11. The van der Waals surface area contributed by atoms with E-state index in [2.05, 4.69) is 15.3 Å². The molecule has 1 aliphatic heterocycles. The molecule has 0 radical (unpaired) electrons. The summed E-state index contributed by atoms with van der Waals surface area (Å²) in [7, 11) is 0. The van der Waals surface area contributed by atoms with Crippen molar-refractivity contribution in [3.8, 4) is 0 Å². The summed E-state index contributed by atoms with van der Waals surface area (Å²) in [5.41, 5.74) is -2.10. The van der Waals surface area contributed by atoms with Crippen molar-refractivity contribution in [2.45, 2.75) is 39.3 Å². The molecule has 2 N–H and O–H groups in total. The zero-order valence-electron chi connectivity index (χ0n) is 17.0. The number of halogens is 6. The SMILES string of the molecule is CC.CC(F)(F)C1CCN(C(=O)CNC(=O)c2cc3c(F)c(C(F)(F)F)ncc3[nH]2)C1. The number of pyridine rings is 1. The molecular weight excluding hydrogens is 430 g/mol. The van der Waals surface area contributed by atoms with Gasteiger partial charge in [-0.15, -0.1) is 0 Å². The molecule has 6 nitrogen and oxygen atoms in total. The molecule has 3 rings (SSSR count). The highest BCUT2D eigenvalue weighted by Crippen LogP contribution is 2.33. The van der Waals surface area contributed by atoms with E-state index in [1.807, 2.05) is 13.8 Å². The van der Waals surface area contributed by atoms with Crippen LogP contribution in [0.3, 0.4) is 0 Å². The third kappa shape index (κ3) is 5.47. The van der Waals surface area contributed by atoms with Crippen molar-refractivity contribution in [2.75, 3.05) is 19.6 Å². The van der Waals surface area contributed by atoms with Crippen molar-refractivity contribution < 1.29 is 35.9 Å². The van der Waals surface area contributed by atoms with Crippen LogP contribution in [0.2, 0.25) is 0 Å². The maximum absolute atomic E-state index is 14.0. The fourth-order valence-electron chi connectivity index (χ4n) is 3.15. The van der Waals surface area contributed by atoms with Gasteiger partial charge in [0.1, 0.15) is 5.69 Å². The molecule has 0 saturated carbocycles. The summed E-state index contributed by atoms with van der Waals surface area (Å²) in [6, 6.07) is 0.880. The second kappa shape index (κ2) is 9.15. The molecule has 31 heavy (non-hydrogen) atoms. The Morgan fingerprint density at radius 1 is 1.26 bits per heavy atom. The molecule has 0 aliphatic carbocycles. The monoisotopic (exact) mass is 452 g/mol. The normalized spacial score (nSPS) is 16.8. The van der Waals surface area contributed by atoms with Crippen molar-refractivity contribution in [1.82, 2.24) is 20.2 Å². The average molecular weight is 452 g/mol. The van der Waals surface area contributed by atoms with Crippen LogP contribution in [0.1, 0.15) is 43.4 Å². The second-order valence-electron chi connectivity index (χ2n) is 6.89. The summed E-state index contributed by atoms with van der Waals surface area (Å²) >= 11 is 0. The summed E-state index contributed by atoms with van der Waals surface area (Å²) in [6.45, 7) is 4.28. The minimum atomic E-state index is -4.99. The first kappa shape index (κ1) is 24.5. The van der Waals surface area contributed by atoms with Gasteiger partial charge in [-0.2, -0.15) is 13.2 Å². The van der Waals surface area contributed by atoms with Crippen molar-refractivity contribution in [3.05, 3.63) is 29.5 Å². The van der Waals surface area contributed by atoms with Crippen molar-refractivity contribution in [1.29, 1.82) is 0 Å². The Hall–Kier alpha value is -2.79. The molecule has 2 aromatic heterocycles. The molecule has 1 fully saturated rings. The van der Waals surface area contributed by atoms with E-state index < -0.39 is 53.3 Å². The molecule has 0 bridgehead atoms. The number of hydrogen-bond donors (Lipinski definition) is 2. The number of carbonyl (C=O) groups is 2. The van der Waals surface area contributed by atoms with Gasteiger partial charge in [-0.3, -0.25) is 9.59 Å². The van der Waals surface area contributed by atoms with Crippen molar-refractivity contribution in [2.24, 2.45) is 5.92 Å². The Labute approximate surface area is 174 Å². The quantitative estimate of drug-likeness (QED) is 0.689. The van der Waals surface area contributed by atoms with Gasteiger partial charge in [-0.1, -0.05) is 13.8 Å². The number of likely N-dealkylation sites (tertiary alicyclic amines) is 1. The molecule has 0 spiro atoms. The van der Waals surface area contributed by atoms with E-state index in [-0.39, 0.29) is 30.7 Å². The van der Waals surface area contributed by atoms with Crippen LogP contribution in [0.5, 0.6) is 0 Å². The van der Waals surface area contributed by atoms with E-state index in [0.29, 0.717) is 0 Å². The highest BCUT2D eigenvalue weighted by molar-refractivity contribution is 5.99. The Bertz CT molecular complexity index is 951. The Kier molecular flexibility index (Phi) is 7.22. The Morgan fingerprint density at radius 3 is 2.45 bits per heavy atom. The van der Waals surface area contributed by atoms with E-state index in [4.69, 9.17) is 0 Å². The smallest absolute Gasteiger partial charge is 0.349 e. The molecule has 1 atom stereocenters. The lowest BCUT2D eigenvalue weighted by Gasteiger charge is -2.20. The van der Waals surface area contributed by atoms with Crippen LogP contribution in [0.15, 0.2) is 12.3 Å². The predicted molar refractivity (Wildman–Crippen MR) is 100 cm³/mol. The van der Waals surface area contributed by atoms with E-state index >= 15 is 0 Å². The Balaban J connectivity index is 0.00000166. The summed E-state index contributed by atoms with van der Waals surface area (Å²) in [5.74, 6) is -6.94. The van der Waals surface area contributed by atoms with E-state index in [1.54, 1.807) is 0 Å². The molecule has 1 aliphatic rings. The minimum Gasteiger partial charge on any atom is -0.349 e. The largest absolute Gasteiger partial charge is 0.436 e. The maximum atomic E-state index is 14.0. The van der Waals surface area contributed by atoms with Crippen LogP contribution in [0, 0.1) is 11.7 Å². The second-order valence-corrected chi connectivity index (χ2v) is 6.89. The van der Waals surface area contributed by atoms with Crippen LogP contribution >= 0.6 is 0 Å². The highest BCUT2D eigenvalue weighted by atomic mass is 19.4. The average Bonchev–Trinajstić information content (AvgIpc) is 3.34. The van der Waals surface area contributed by atoms with Gasteiger partial charge in [0.25, 0.3) is 5.91 Å². The molecule has 0 aromatic carbocycles. The van der Waals surface area contributed by atoms with Crippen LogP contribution in [-0.4, -0.2) is 52.2 Å². The number of nitrogens with one attached hydrogen (secondary N) is 2. The molecule has 2 amide bonds. The summed E-state index contributed by atoms with van der Waals surface area (Å²) < 4.78 is 78.8. The number of aromatic amines is 1. The topological polar surface area (TPSA) is 78.1 Å². The van der Waals surface area contributed by atoms with E-state index in [1.165, 1.54) is 4.90 Å². The number of amides is 2. The molecule has 172 valence electrons. The highest BCUT2D eigenvalue weighted by Gasteiger charge is 2.40. The minimum absolute atomic E-state index is 0.125. The van der Waals surface area contributed by atoms with E-state index in [0.717, 1.165) is 19.2 Å². The lowest BCUT2D eigenvalue weighted by molar-refractivity contribution is -0.143. The molecule has 1 unspecified atom stereocenters. The fourth-order valence-corrected chi connectivity index (χ4v) is 3.15. The zero-order valence-corrected chi connectivity index (χ0v) is 17.0. The van der Waals surface area contributed by atoms with Crippen LogP contribution in [0.25, 0.3) is 10.9 Å². The van der Waals surface area contributed by atoms with Gasteiger partial charge in [0.15, 0.2) is 11.5 Å². The first-order valence-electron chi connectivity index (χ1n) is 9.56. The van der Waals surface area contributed by atoms with Gasteiger partial charge >= 0.3 is 6.18 Å². The van der Waals surface area contributed by atoms with Gasteiger partial charge in [0.05, 0.1) is 18.3 Å². The molecule has 3 heterocycles. The number of H-pyrrole nitrogens is 1. The van der Waals surface area contributed by atoms with Crippen LogP contribution < -0.4 is 5.32 Å². The third-order valence-electron chi connectivity index (χ3n) is 4.79. The number of aromatic nitrogens is 2. The van der Waals surface area contributed by atoms with Gasteiger partial charge in [-0.25, -0.2) is 18.2 Å². The third-order valence-corrected chi connectivity index (χ3v) is 4.79. The molecule has 12 heteroatoms. The first-order chi connectivity index (χ1) is 14.4. The number of alkyl halides is 5. The number of carbonyl (C=O) groups excluding carboxylic acids is 2. The standard InChI is InChI=1S/C17H16F6N4O2.C2H6/c1-16(19,20)8-2-3-27(7-8)12(28)6-25-15(29)10-4-9-11(26-10)5-24-14(13(9)18)17(21,22)23;1-2/h4-5,8,26H,2-3,6-7H2,1H3,(H,25,29);1-2H3. The molecular formula is C19H22F6N4O2. The number of fused-ring (bicyclic) bond motifs is 1. The Morgan fingerprint density at radius 2 is 1.90 bits per heavy atom. The lowest BCUT2D eigenvalue weighted by Crippen LogP contribution is -2.40. The summed E-state index contributed by atoms with van der Waals surface area (Å²) in [4.78, 5) is 30.9. The van der Waals surface area contributed by atoms with Crippen molar-refractivity contribution >= 4 is 22.7 Å². The van der Waals surface area contributed by atoms with Crippen molar-refractivity contribution in [3.63, 3.8) is 0 Å². The van der Waals surface area contributed by atoms with Gasteiger partial charge in [0.2, 0.25) is 11.8 Å². The van der Waals surface area contributed by atoms with Crippen LogP contribution in [0.4, 0.5) is 26.3 Å². The molecule has 1 saturated heterocycles.